The lowest BCUT2D eigenvalue weighted by atomic mass is 10.00. The van der Waals surface area contributed by atoms with E-state index in [1.165, 1.54) is 17.7 Å². The maximum Gasteiger partial charge on any atom is 0.335 e. The predicted molar refractivity (Wildman–Crippen MR) is 99.8 cm³/mol. The van der Waals surface area contributed by atoms with Crippen LogP contribution in [0.25, 0.3) is 0 Å². The third kappa shape index (κ3) is 3.29. The Kier molecular flexibility index (Phi) is 4.48. The number of hydrogen-bond acceptors (Lipinski definition) is 3. The third-order valence-electron chi connectivity index (χ3n) is 4.61. The Morgan fingerprint density at radius 3 is 2.38 bits per heavy atom. The molecule has 0 saturated carbocycles. The number of amides is 1. The monoisotopic (exact) mass is 353 g/mol. The minimum absolute atomic E-state index is 0.134. The van der Waals surface area contributed by atoms with Crippen molar-refractivity contribution in [2.24, 2.45) is 0 Å². The second-order valence-electron chi connectivity index (χ2n) is 7.39. The first-order valence-electron chi connectivity index (χ1n) is 8.66. The molecule has 0 atom stereocenters. The Bertz CT molecular complexity index is 853. The molecule has 0 fully saturated rings. The zero-order valence-electron chi connectivity index (χ0n) is 15.4. The number of ether oxygens (including phenoxy) is 1. The van der Waals surface area contributed by atoms with E-state index in [9.17, 15) is 14.7 Å². The SMILES string of the molecule is CC(C)c1ccc(CN2C(=O)C(C)(C)Oc3cc(C(=O)O)ccc32)cc1. The standard InChI is InChI=1S/C21H23NO4/c1-13(2)15-7-5-14(6-8-15)12-22-17-10-9-16(19(23)24)11-18(17)26-21(3,4)20(22)25/h5-11,13H,12H2,1-4H3,(H,23,24). The third-order valence-corrected chi connectivity index (χ3v) is 4.61. The van der Waals surface area contributed by atoms with E-state index in [4.69, 9.17) is 4.74 Å². The molecule has 1 amide bonds. The van der Waals surface area contributed by atoms with Crippen molar-refractivity contribution in [3.05, 3.63) is 59.2 Å². The highest BCUT2D eigenvalue weighted by Gasteiger charge is 2.41. The molecule has 0 aromatic heterocycles. The summed E-state index contributed by atoms with van der Waals surface area (Å²) >= 11 is 0. The molecule has 1 aliphatic heterocycles. The van der Waals surface area contributed by atoms with Crippen molar-refractivity contribution in [3.8, 4) is 5.75 Å². The molecule has 0 saturated heterocycles. The smallest absolute Gasteiger partial charge is 0.335 e. The lowest BCUT2D eigenvalue weighted by molar-refractivity contribution is -0.132. The molecule has 0 unspecified atom stereocenters. The van der Waals surface area contributed by atoms with Gasteiger partial charge in [0, 0.05) is 0 Å². The summed E-state index contributed by atoms with van der Waals surface area (Å²) in [7, 11) is 0. The van der Waals surface area contributed by atoms with Crippen LogP contribution in [0, 0.1) is 0 Å². The normalized spacial score (nSPS) is 15.6. The number of hydrogen-bond donors (Lipinski definition) is 1. The molecule has 5 heteroatoms. The van der Waals surface area contributed by atoms with Gasteiger partial charge in [0.25, 0.3) is 5.91 Å². The van der Waals surface area contributed by atoms with E-state index < -0.39 is 11.6 Å². The Labute approximate surface area is 153 Å². The van der Waals surface area contributed by atoms with Gasteiger partial charge in [-0.1, -0.05) is 38.1 Å². The lowest BCUT2D eigenvalue weighted by Crippen LogP contribution is -2.52. The fourth-order valence-electron chi connectivity index (χ4n) is 3.05. The second-order valence-corrected chi connectivity index (χ2v) is 7.39. The van der Waals surface area contributed by atoms with Crippen LogP contribution in [0.2, 0.25) is 0 Å². The van der Waals surface area contributed by atoms with Gasteiger partial charge in [0.05, 0.1) is 17.8 Å². The van der Waals surface area contributed by atoms with E-state index in [2.05, 4.69) is 26.0 Å². The first-order valence-corrected chi connectivity index (χ1v) is 8.66. The first-order chi connectivity index (χ1) is 12.2. The molecule has 0 spiro atoms. The molecule has 136 valence electrons. The van der Waals surface area contributed by atoms with E-state index in [0.29, 0.717) is 23.9 Å². The number of aromatic carboxylic acids is 1. The molecular weight excluding hydrogens is 330 g/mol. The fraction of sp³-hybridized carbons (Fsp3) is 0.333. The number of anilines is 1. The molecule has 0 aliphatic carbocycles. The molecule has 1 aliphatic rings. The highest BCUT2D eigenvalue weighted by atomic mass is 16.5. The van der Waals surface area contributed by atoms with Gasteiger partial charge in [-0.3, -0.25) is 4.79 Å². The average Bonchev–Trinajstić information content (AvgIpc) is 2.58. The van der Waals surface area contributed by atoms with E-state index in [1.54, 1.807) is 24.8 Å². The highest BCUT2D eigenvalue weighted by Crippen LogP contribution is 2.39. The summed E-state index contributed by atoms with van der Waals surface area (Å²) in [5.41, 5.74) is 1.92. The summed E-state index contributed by atoms with van der Waals surface area (Å²) < 4.78 is 5.79. The zero-order chi connectivity index (χ0) is 19.1. The largest absolute Gasteiger partial charge is 0.478 e. The molecule has 26 heavy (non-hydrogen) atoms. The Hall–Kier alpha value is -2.82. The summed E-state index contributed by atoms with van der Waals surface area (Å²) in [6.45, 7) is 8.07. The van der Waals surface area contributed by atoms with Gasteiger partial charge in [0.1, 0.15) is 5.75 Å². The van der Waals surface area contributed by atoms with Crippen molar-refractivity contribution in [2.75, 3.05) is 4.90 Å². The summed E-state index contributed by atoms with van der Waals surface area (Å²) in [6.07, 6.45) is 0. The molecule has 2 aromatic carbocycles. The zero-order valence-corrected chi connectivity index (χ0v) is 15.4. The van der Waals surface area contributed by atoms with Crippen LogP contribution in [0.15, 0.2) is 42.5 Å². The van der Waals surface area contributed by atoms with Crippen molar-refractivity contribution in [3.63, 3.8) is 0 Å². The molecule has 3 rings (SSSR count). The number of carboxylic acids is 1. The first kappa shape index (κ1) is 18.0. The lowest BCUT2D eigenvalue weighted by Gasteiger charge is -2.39. The number of nitrogens with zero attached hydrogens (tertiary/aromatic N) is 1. The van der Waals surface area contributed by atoms with Crippen LogP contribution >= 0.6 is 0 Å². The average molecular weight is 353 g/mol. The van der Waals surface area contributed by atoms with Gasteiger partial charge in [-0.2, -0.15) is 0 Å². The highest BCUT2D eigenvalue weighted by molar-refractivity contribution is 6.03. The van der Waals surface area contributed by atoms with Crippen molar-refractivity contribution < 1.29 is 19.4 Å². The summed E-state index contributed by atoms with van der Waals surface area (Å²) in [6, 6.07) is 12.8. The van der Waals surface area contributed by atoms with E-state index in [0.717, 1.165) is 5.56 Å². The van der Waals surface area contributed by atoms with Gasteiger partial charge in [0.2, 0.25) is 0 Å². The molecule has 2 aromatic rings. The van der Waals surface area contributed by atoms with Crippen LogP contribution < -0.4 is 9.64 Å². The van der Waals surface area contributed by atoms with Gasteiger partial charge in [-0.05, 0) is 49.1 Å². The minimum Gasteiger partial charge on any atom is -0.478 e. The second kappa shape index (κ2) is 6.48. The van der Waals surface area contributed by atoms with Gasteiger partial charge >= 0.3 is 5.97 Å². The number of fused-ring (bicyclic) bond motifs is 1. The fourth-order valence-corrected chi connectivity index (χ4v) is 3.05. The Morgan fingerprint density at radius 1 is 1.15 bits per heavy atom. The Morgan fingerprint density at radius 2 is 1.81 bits per heavy atom. The summed E-state index contributed by atoms with van der Waals surface area (Å²) in [4.78, 5) is 25.8. The molecule has 0 radical (unpaired) electrons. The number of carboxylic acid groups (broad SMARTS) is 1. The summed E-state index contributed by atoms with van der Waals surface area (Å²) in [5.74, 6) is -0.320. The number of carbonyl (C=O) groups is 2. The van der Waals surface area contributed by atoms with Gasteiger partial charge in [-0.25, -0.2) is 4.79 Å². The van der Waals surface area contributed by atoms with Crippen molar-refractivity contribution in [1.29, 1.82) is 0 Å². The topological polar surface area (TPSA) is 66.8 Å². The van der Waals surface area contributed by atoms with Crippen LogP contribution in [-0.4, -0.2) is 22.6 Å². The van der Waals surface area contributed by atoms with E-state index >= 15 is 0 Å². The van der Waals surface area contributed by atoms with E-state index in [1.807, 2.05) is 12.1 Å². The predicted octanol–water partition coefficient (Wildman–Crippen LogP) is 4.21. The molecule has 5 nitrogen and oxygen atoms in total. The molecule has 1 heterocycles. The van der Waals surface area contributed by atoms with Crippen LogP contribution in [-0.2, 0) is 11.3 Å². The maximum atomic E-state index is 12.9. The van der Waals surface area contributed by atoms with Crippen molar-refractivity contribution in [1.82, 2.24) is 0 Å². The van der Waals surface area contributed by atoms with Crippen LogP contribution in [0.5, 0.6) is 5.75 Å². The number of carbonyl (C=O) groups excluding carboxylic acids is 1. The van der Waals surface area contributed by atoms with E-state index in [-0.39, 0.29) is 11.5 Å². The van der Waals surface area contributed by atoms with Gasteiger partial charge in [0.15, 0.2) is 5.60 Å². The maximum absolute atomic E-state index is 12.9. The van der Waals surface area contributed by atoms with Gasteiger partial charge < -0.3 is 14.7 Å². The van der Waals surface area contributed by atoms with Crippen molar-refractivity contribution in [2.45, 2.75) is 45.8 Å². The number of rotatable bonds is 4. The Balaban J connectivity index is 1.97. The quantitative estimate of drug-likeness (QED) is 0.894. The van der Waals surface area contributed by atoms with Crippen LogP contribution in [0.1, 0.15) is 55.1 Å². The summed E-state index contributed by atoms with van der Waals surface area (Å²) in [5, 5.41) is 9.20. The molecule has 0 bridgehead atoms. The van der Waals surface area contributed by atoms with Crippen LogP contribution in [0.3, 0.4) is 0 Å². The minimum atomic E-state index is -1.05. The number of benzene rings is 2. The van der Waals surface area contributed by atoms with Crippen LogP contribution in [0.4, 0.5) is 5.69 Å². The molecular formula is C21H23NO4. The molecule has 1 N–H and O–H groups in total. The van der Waals surface area contributed by atoms with Gasteiger partial charge in [-0.15, -0.1) is 0 Å². The van der Waals surface area contributed by atoms with Crippen molar-refractivity contribution >= 4 is 17.6 Å².